The summed E-state index contributed by atoms with van der Waals surface area (Å²) in [6, 6.07) is 3.54. The number of methoxy groups -OCH3 is 2. The number of hydrogen-bond donors (Lipinski definition) is 1. The quantitative estimate of drug-likeness (QED) is 0.363. The second kappa shape index (κ2) is 9.42. The molecule has 0 saturated carbocycles. The van der Waals surface area contributed by atoms with E-state index in [1.807, 2.05) is 0 Å². The molecule has 30 heavy (non-hydrogen) atoms. The van der Waals surface area contributed by atoms with Gasteiger partial charge in [0.2, 0.25) is 10.0 Å². The molecule has 0 spiro atoms. The number of anilines is 1. The lowest BCUT2D eigenvalue weighted by Gasteiger charge is -2.25. The number of nitrogens with two attached hydrogens (primary N) is 1. The highest BCUT2D eigenvalue weighted by Gasteiger charge is 2.37. The van der Waals surface area contributed by atoms with Crippen LogP contribution < -0.4 is 5.73 Å². The fourth-order valence-corrected chi connectivity index (χ4v) is 5.93. The fraction of sp³-hybridized carbons (Fsp3) is 0.600. The van der Waals surface area contributed by atoms with Crippen LogP contribution in [0.5, 0.6) is 0 Å². The highest BCUT2D eigenvalue weighted by molar-refractivity contribution is 7.89. The van der Waals surface area contributed by atoms with Crippen molar-refractivity contribution >= 4 is 27.4 Å². The SMILES string of the molecule is COCC1CCCN1C(=O)C(=O)c1cc(S(=O)(=O)N2CCCC2COC)ccc1N. The summed E-state index contributed by atoms with van der Waals surface area (Å²) >= 11 is 0. The maximum atomic E-state index is 13.2. The van der Waals surface area contributed by atoms with Crippen LogP contribution in [0.1, 0.15) is 36.0 Å². The van der Waals surface area contributed by atoms with Crippen LogP contribution in [-0.2, 0) is 24.3 Å². The zero-order chi connectivity index (χ0) is 21.9. The summed E-state index contributed by atoms with van der Waals surface area (Å²) < 4.78 is 38.0. The van der Waals surface area contributed by atoms with Crippen molar-refractivity contribution in [2.24, 2.45) is 0 Å². The summed E-state index contributed by atoms with van der Waals surface area (Å²) in [5, 5.41) is 0. The monoisotopic (exact) mass is 439 g/mol. The van der Waals surface area contributed by atoms with Crippen LogP contribution in [0.15, 0.2) is 23.1 Å². The lowest BCUT2D eigenvalue weighted by molar-refractivity contribution is -0.128. The van der Waals surface area contributed by atoms with Gasteiger partial charge in [0, 0.05) is 39.0 Å². The normalized spacial score (nSPS) is 22.5. The second-order valence-electron chi connectivity index (χ2n) is 7.70. The van der Waals surface area contributed by atoms with Crippen LogP contribution in [0, 0.1) is 0 Å². The maximum absolute atomic E-state index is 13.2. The van der Waals surface area contributed by atoms with Gasteiger partial charge in [-0.05, 0) is 43.9 Å². The van der Waals surface area contributed by atoms with E-state index >= 15 is 0 Å². The van der Waals surface area contributed by atoms with Gasteiger partial charge in [0.1, 0.15) is 0 Å². The Bertz CT molecular complexity index is 904. The van der Waals surface area contributed by atoms with E-state index in [1.165, 1.54) is 34.5 Å². The van der Waals surface area contributed by atoms with Gasteiger partial charge >= 0.3 is 0 Å². The lowest BCUT2D eigenvalue weighted by atomic mass is 10.1. The molecule has 2 fully saturated rings. The van der Waals surface area contributed by atoms with Crippen LogP contribution in [-0.4, -0.2) is 81.9 Å². The summed E-state index contributed by atoms with van der Waals surface area (Å²) in [4.78, 5) is 27.2. The van der Waals surface area contributed by atoms with E-state index in [4.69, 9.17) is 15.2 Å². The van der Waals surface area contributed by atoms with Crippen molar-refractivity contribution in [1.29, 1.82) is 0 Å². The summed E-state index contributed by atoms with van der Waals surface area (Å²) in [6.45, 7) is 1.49. The highest BCUT2D eigenvalue weighted by atomic mass is 32.2. The van der Waals surface area contributed by atoms with Gasteiger partial charge in [-0.1, -0.05) is 0 Å². The van der Waals surface area contributed by atoms with Crippen LogP contribution in [0.25, 0.3) is 0 Å². The van der Waals surface area contributed by atoms with Crippen LogP contribution in [0.3, 0.4) is 0 Å². The molecular formula is C20H29N3O6S. The van der Waals surface area contributed by atoms with E-state index in [-0.39, 0.29) is 28.2 Å². The van der Waals surface area contributed by atoms with Crippen molar-refractivity contribution in [3.05, 3.63) is 23.8 Å². The van der Waals surface area contributed by atoms with Gasteiger partial charge in [-0.2, -0.15) is 4.31 Å². The molecule has 2 aliphatic heterocycles. The number of carbonyl (C=O) groups is 2. The van der Waals surface area contributed by atoms with Crippen LogP contribution in [0.4, 0.5) is 5.69 Å². The summed E-state index contributed by atoms with van der Waals surface area (Å²) in [7, 11) is -0.769. The minimum Gasteiger partial charge on any atom is -0.398 e. The number of likely N-dealkylation sites (tertiary alicyclic amines) is 1. The first-order valence-electron chi connectivity index (χ1n) is 10.1. The molecule has 0 bridgehead atoms. The molecule has 166 valence electrons. The number of ether oxygens (including phenoxy) is 2. The maximum Gasteiger partial charge on any atom is 0.295 e. The number of ketones is 1. The predicted octanol–water partition coefficient (Wildman–Crippen LogP) is 0.888. The minimum absolute atomic E-state index is 0.0503. The summed E-state index contributed by atoms with van der Waals surface area (Å²) in [5.74, 6) is -1.49. The Morgan fingerprint density at radius 2 is 1.70 bits per heavy atom. The van der Waals surface area contributed by atoms with E-state index < -0.39 is 21.7 Å². The Kier molecular flexibility index (Phi) is 7.12. The molecule has 0 aliphatic carbocycles. The largest absolute Gasteiger partial charge is 0.398 e. The van der Waals surface area contributed by atoms with E-state index in [0.29, 0.717) is 32.7 Å². The summed E-state index contributed by atoms with van der Waals surface area (Å²) in [6.07, 6.45) is 2.99. The number of nitrogens with zero attached hydrogens (tertiary/aromatic N) is 2. The number of hydrogen-bond acceptors (Lipinski definition) is 7. The highest BCUT2D eigenvalue weighted by Crippen LogP contribution is 2.29. The number of rotatable bonds is 8. The molecular weight excluding hydrogens is 410 g/mol. The van der Waals surface area contributed by atoms with E-state index in [2.05, 4.69) is 0 Å². The average Bonchev–Trinajstić information content (AvgIpc) is 3.37. The topological polar surface area (TPSA) is 119 Å². The predicted molar refractivity (Wildman–Crippen MR) is 111 cm³/mol. The van der Waals surface area contributed by atoms with Gasteiger partial charge in [-0.3, -0.25) is 9.59 Å². The lowest BCUT2D eigenvalue weighted by Crippen LogP contribution is -2.42. The van der Waals surface area contributed by atoms with Gasteiger partial charge in [0.25, 0.3) is 11.7 Å². The van der Waals surface area contributed by atoms with Crippen molar-refractivity contribution < 1.29 is 27.5 Å². The molecule has 2 heterocycles. The molecule has 2 aliphatic rings. The first kappa shape index (κ1) is 22.7. The second-order valence-corrected chi connectivity index (χ2v) is 9.59. The number of nitrogen functional groups attached to an aromatic ring is 1. The summed E-state index contributed by atoms with van der Waals surface area (Å²) in [5.41, 5.74) is 5.93. The Hall–Kier alpha value is -2.01. The third-order valence-corrected chi connectivity index (χ3v) is 7.70. The first-order valence-corrected chi connectivity index (χ1v) is 11.5. The standard InChI is InChI=1S/C20H29N3O6S/c1-28-12-14-5-3-9-22(14)20(25)19(24)17-11-16(7-8-18(17)21)30(26,27)23-10-4-6-15(23)13-29-2/h7-8,11,14-15H,3-6,9-10,12-13,21H2,1-2H3. The van der Waals surface area contributed by atoms with Crippen LogP contribution in [0.2, 0.25) is 0 Å². The number of sulfonamides is 1. The van der Waals surface area contributed by atoms with Gasteiger partial charge in [0.15, 0.2) is 0 Å². The minimum atomic E-state index is -3.85. The van der Waals surface area contributed by atoms with Gasteiger partial charge in [-0.15, -0.1) is 0 Å². The molecule has 10 heteroatoms. The first-order chi connectivity index (χ1) is 14.3. The van der Waals surface area contributed by atoms with E-state index in [1.54, 1.807) is 7.11 Å². The Labute approximate surface area is 177 Å². The number of carbonyl (C=O) groups excluding carboxylic acids is 2. The molecule has 3 rings (SSSR count). The molecule has 2 unspecified atom stereocenters. The number of Topliss-reactive ketones (excluding diaryl/α,β-unsaturated/α-hetero) is 1. The van der Waals surface area contributed by atoms with Crippen molar-refractivity contribution in [1.82, 2.24) is 9.21 Å². The molecule has 2 N–H and O–H groups in total. The van der Waals surface area contributed by atoms with Gasteiger partial charge in [-0.25, -0.2) is 8.42 Å². The Morgan fingerprint density at radius 1 is 1.07 bits per heavy atom. The molecule has 2 saturated heterocycles. The number of benzene rings is 1. The Morgan fingerprint density at radius 3 is 2.40 bits per heavy atom. The Balaban J connectivity index is 1.88. The third-order valence-electron chi connectivity index (χ3n) is 5.75. The zero-order valence-corrected chi connectivity index (χ0v) is 18.2. The average molecular weight is 440 g/mol. The van der Waals surface area contributed by atoms with Crippen molar-refractivity contribution in [2.75, 3.05) is 46.3 Å². The number of amides is 1. The van der Waals surface area contributed by atoms with Crippen molar-refractivity contribution in [3.8, 4) is 0 Å². The molecule has 0 radical (unpaired) electrons. The van der Waals surface area contributed by atoms with E-state index in [9.17, 15) is 18.0 Å². The molecule has 1 amide bonds. The van der Waals surface area contributed by atoms with Crippen molar-refractivity contribution in [3.63, 3.8) is 0 Å². The molecule has 9 nitrogen and oxygen atoms in total. The van der Waals surface area contributed by atoms with E-state index in [0.717, 1.165) is 19.3 Å². The molecule has 1 aromatic rings. The fourth-order valence-electron chi connectivity index (χ4n) is 4.23. The smallest absolute Gasteiger partial charge is 0.295 e. The van der Waals surface area contributed by atoms with Crippen LogP contribution >= 0.6 is 0 Å². The zero-order valence-electron chi connectivity index (χ0n) is 17.4. The molecule has 2 atom stereocenters. The third kappa shape index (κ3) is 4.36. The molecule has 1 aromatic carbocycles. The molecule has 0 aromatic heterocycles. The van der Waals surface area contributed by atoms with Gasteiger partial charge < -0.3 is 20.1 Å². The van der Waals surface area contributed by atoms with Gasteiger partial charge in [0.05, 0.1) is 29.7 Å². The van der Waals surface area contributed by atoms with Crippen molar-refractivity contribution in [2.45, 2.75) is 42.7 Å².